The second-order valence-corrected chi connectivity index (χ2v) is 7.03. The van der Waals surface area contributed by atoms with Gasteiger partial charge in [0, 0.05) is 17.7 Å². The van der Waals surface area contributed by atoms with Gasteiger partial charge in [0.05, 0.1) is 46.0 Å². The third-order valence-corrected chi connectivity index (χ3v) is 4.55. The van der Waals surface area contributed by atoms with E-state index in [0.29, 0.717) is 34.2 Å². The van der Waals surface area contributed by atoms with E-state index in [4.69, 9.17) is 23.5 Å². The number of phosphoric acid groups is 1. The van der Waals surface area contributed by atoms with Crippen molar-refractivity contribution in [1.82, 2.24) is 15.0 Å². The molecule has 0 bridgehead atoms. The number of ether oxygens (including phenoxy) is 4. The van der Waals surface area contributed by atoms with Gasteiger partial charge in [-0.15, -0.1) is 5.10 Å². The summed E-state index contributed by atoms with van der Waals surface area (Å²) in [5, 5.41) is 8.05. The van der Waals surface area contributed by atoms with Crippen LogP contribution in [0.2, 0.25) is 0 Å². The third kappa shape index (κ3) is 5.51. The summed E-state index contributed by atoms with van der Waals surface area (Å²) >= 11 is 0. The number of benzene rings is 2. The first-order valence-electron chi connectivity index (χ1n) is 8.46. The minimum atomic E-state index is -4.79. The molecule has 0 unspecified atom stereocenters. The van der Waals surface area contributed by atoms with Gasteiger partial charge in [-0.25, -0.2) is 9.25 Å². The van der Waals surface area contributed by atoms with Gasteiger partial charge in [-0.3, -0.25) is 9.79 Å². The van der Waals surface area contributed by atoms with Crippen LogP contribution in [-0.2, 0) is 4.57 Å². The molecule has 0 aliphatic carbocycles. The van der Waals surface area contributed by atoms with Gasteiger partial charge >= 0.3 is 37.4 Å². The van der Waals surface area contributed by atoms with Crippen LogP contribution in [0.25, 0.3) is 16.9 Å². The van der Waals surface area contributed by atoms with Crippen molar-refractivity contribution in [3.63, 3.8) is 0 Å². The molecule has 11 nitrogen and oxygen atoms in total. The Morgan fingerprint density at radius 2 is 1.52 bits per heavy atom. The maximum absolute atomic E-state index is 11.3. The first kappa shape index (κ1) is 25.0. The van der Waals surface area contributed by atoms with E-state index in [1.807, 2.05) is 0 Å². The predicted molar refractivity (Wildman–Crippen MR) is 107 cm³/mol. The molecule has 0 saturated carbocycles. The molecule has 162 valence electrons. The summed E-state index contributed by atoms with van der Waals surface area (Å²) in [7, 11) is 1.07. The largest absolute Gasteiger partial charge is 1.00 e. The van der Waals surface area contributed by atoms with Gasteiger partial charge in [-0.1, -0.05) is 5.21 Å². The maximum atomic E-state index is 11.3. The zero-order chi connectivity index (χ0) is 21.9. The van der Waals surface area contributed by atoms with E-state index >= 15 is 0 Å². The van der Waals surface area contributed by atoms with E-state index in [1.54, 1.807) is 18.2 Å². The first-order valence-corrected chi connectivity index (χ1v) is 9.99. The molecule has 2 N–H and O–H groups in total. The minimum Gasteiger partial charge on any atom is -1.00 e. The Kier molecular flexibility index (Phi) is 8.35. The van der Waals surface area contributed by atoms with Gasteiger partial charge in [-0.05, 0) is 18.2 Å². The molecule has 2 aromatic carbocycles. The van der Waals surface area contributed by atoms with Crippen molar-refractivity contribution in [3.05, 3.63) is 36.5 Å². The van der Waals surface area contributed by atoms with Gasteiger partial charge in [0.1, 0.15) is 0 Å². The molecule has 3 aromatic rings. The molecule has 0 radical (unpaired) electrons. The topological polar surface area (TPSA) is 134 Å². The second-order valence-electron chi connectivity index (χ2n) is 5.86. The van der Waals surface area contributed by atoms with Crippen molar-refractivity contribution in [2.45, 2.75) is 0 Å². The number of nitrogens with zero attached hydrogens (tertiary/aromatic N) is 3. The Balaban J connectivity index is 0.00000256. The van der Waals surface area contributed by atoms with Crippen LogP contribution in [0.4, 0.5) is 0 Å². The molecule has 0 aliphatic rings. The molecule has 0 atom stereocenters. The Hall–Kier alpha value is -2.27. The van der Waals surface area contributed by atoms with Crippen molar-refractivity contribution >= 4 is 7.82 Å². The zero-order valence-corrected chi connectivity index (χ0v) is 20.5. The van der Waals surface area contributed by atoms with Gasteiger partial charge in [0.15, 0.2) is 23.0 Å². The summed E-state index contributed by atoms with van der Waals surface area (Å²) in [5.74, 6) is 1.31. The van der Waals surface area contributed by atoms with Crippen molar-refractivity contribution in [1.29, 1.82) is 0 Å². The summed E-state index contributed by atoms with van der Waals surface area (Å²) in [4.78, 5) is 18.3. The Morgan fingerprint density at radius 3 is 2.03 bits per heavy atom. The Morgan fingerprint density at radius 1 is 0.903 bits per heavy atom. The number of hydrogen-bond acceptors (Lipinski definition) is 8. The van der Waals surface area contributed by atoms with E-state index in [1.165, 1.54) is 51.5 Å². The first-order chi connectivity index (χ1) is 14.3. The number of methoxy groups -OCH3 is 4. The fourth-order valence-electron chi connectivity index (χ4n) is 2.85. The van der Waals surface area contributed by atoms with Gasteiger partial charge in [0.25, 0.3) is 0 Å². The quantitative estimate of drug-likeness (QED) is 0.336. The molecule has 31 heavy (non-hydrogen) atoms. The average molecular weight is 461 g/mol. The van der Waals surface area contributed by atoms with E-state index < -0.39 is 7.82 Å². The van der Waals surface area contributed by atoms with Crippen LogP contribution in [0.5, 0.6) is 28.7 Å². The molecular formula is C18H21N3NaO8P. The maximum Gasteiger partial charge on any atom is 1.00 e. The van der Waals surface area contributed by atoms with E-state index in [9.17, 15) is 14.4 Å². The molecule has 1 heterocycles. The van der Waals surface area contributed by atoms with Crippen LogP contribution < -0.4 is 53.0 Å². The summed E-state index contributed by atoms with van der Waals surface area (Å²) in [6.45, 7) is 0. The predicted octanol–water partition coefficient (Wildman–Crippen LogP) is -0.443. The fourth-order valence-corrected chi connectivity index (χ4v) is 3.25. The van der Waals surface area contributed by atoms with Gasteiger partial charge in [0.2, 0.25) is 5.75 Å². The van der Waals surface area contributed by atoms with Crippen molar-refractivity contribution < 1.29 is 68.8 Å². The normalized spacial score (nSPS) is 10.8. The zero-order valence-electron chi connectivity index (χ0n) is 18.6. The SMILES string of the molecule is COc1ccc(-c2cnnn2-c2cc(OC)c(OC)c(OC)c2)cc1OP(=O)(O)O.[H-].[Na+]. The molecule has 3 rings (SSSR count). The van der Waals surface area contributed by atoms with E-state index in [2.05, 4.69) is 10.3 Å². The molecule has 1 aromatic heterocycles. The molecule has 0 saturated heterocycles. The Bertz CT molecular complexity index is 1080. The monoisotopic (exact) mass is 461 g/mol. The molecule has 0 spiro atoms. The van der Waals surface area contributed by atoms with Crippen LogP contribution >= 0.6 is 7.82 Å². The molecule has 0 amide bonds. The van der Waals surface area contributed by atoms with Crippen LogP contribution in [0.15, 0.2) is 36.5 Å². The standard InChI is InChI=1S/C18H20N3O8P.Na.H/c1-25-14-6-5-11(7-15(14)29-30(22,23)24)13-10-19-20-21(13)12-8-16(26-2)18(28-4)17(9-12)27-3;;/h5-10H,1-4H3,(H2,22,23,24);;/q;+1;-1. The number of hydrogen-bond donors (Lipinski definition) is 2. The molecule has 13 heteroatoms. The summed E-state index contributed by atoms with van der Waals surface area (Å²) < 4.78 is 38.8. The van der Waals surface area contributed by atoms with Gasteiger partial charge in [-0.2, -0.15) is 0 Å². The van der Waals surface area contributed by atoms with E-state index in [0.717, 1.165) is 0 Å². The molecule has 0 aliphatic heterocycles. The number of phosphoric ester groups is 1. The summed E-state index contributed by atoms with van der Waals surface area (Å²) in [6, 6.07) is 8.00. The average Bonchev–Trinajstić information content (AvgIpc) is 3.21. The van der Waals surface area contributed by atoms with Crippen LogP contribution in [0, 0.1) is 0 Å². The summed E-state index contributed by atoms with van der Waals surface area (Å²) in [5.41, 5.74) is 1.60. The number of rotatable bonds is 8. The third-order valence-electron chi connectivity index (χ3n) is 4.12. The smallest absolute Gasteiger partial charge is 1.00 e. The van der Waals surface area contributed by atoms with Crippen LogP contribution in [0.3, 0.4) is 0 Å². The van der Waals surface area contributed by atoms with Crippen LogP contribution in [-0.4, -0.2) is 53.2 Å². The minimum absolute atomic E-state index is 0. The second kappa shape index (κ2) is 10.4. The van der Waals surface area contributed by atoms with Crippen molar-refractivity contribution in [2.75, 3.05) is 28.4 Å². The van der Waals surface area contributed by atoms with Crippen molar-refractivity contribution in [3.8, 4) is 45.7 Å². The molecular weight excluding hydrogens is 440 g/mol. The molecule has 0 fully saturated rings. The fraction of sp³-hybridized carbons (Fsp3) is 0.222. The van der Waals surface area contributed by atoms with Crippen LogP contribution in [0.1, 0.15) is 1.43 Å². The Labute approximate surface area is 201 Å². The summed E-state index contributed by atoms with van der Waals surface area (Å²) in [6.07, 6.45) is 1.49. The number of aromatic nitrogens is 3. The van der Waals surface area contributed by atoms with Gasteiger partial charge < -0.3 is 24.9 Å². The van der Waals surface area contributed by atoms with Crippen molar-refractivity contribution in [2.24, 2.45) is 0 Å². The van der Waals surface area contributed by atoms with E-state index in [-0.39, 0.29) is 42.5 Å².